The first kappa shape index (κ1) is 31.4. The quantitative estimate of drug-likeness (QED) is 0.289. The maximum atomic E-state index is 13.4. The Bertz CT molecular complexity index is 763. The Balaban J connectivity index is 3.53. The normalized spacial score (nSPS) is 16.8. The SMILES string of the molecule is FC(C(F)(F)F)C(F)(F)Oc1cc(OC(F)(F)C(F)C(F)(F)F)cc(OC(F)(F)C(F)C(F)(F)F)c1. The standard InChI is InChI=1S/C15H6F18O3/c16-7(10(19,20)21)13(28,29)34-4-1-5(35-14(30,31)8(17)11(22,23)24)3-6(2-4)36-15(32,33)9(18)12(25,26)27/h1-3,7-9H. The van der Waals surface area contributed by atoms with Gasteiger partial charge in [-0.3, -0.25) is 0 Å². The Morgan fingerprint density at radius 3 is 0.694 bits per heavy atom. The second-order valence-electron chi connectivity index (χ2n) is 6.34. The lowest BCUT2D eigenvalue weighted by Crippen LogP contribution is -2.46. The average molecular weight is 576 g/mol. The minimum atomic E-state index is -6.39. The molecule has 0 amide bonds. The van der Waals surface area contributed by atoms with Crippen molar-refractivity contribution in [1.82, 2.24) is 0 Å². The van der Waals surface area contributed by atoms with Gasteiger partial charge < -0.3 is 14.2 Å². The molecule has 210 valence electrons. The summed E-state index contributed by atoms with van der Waals surface area (Å²) in [5.74, 6) is -6.55. The number of alkyl halides is 18. The molecule has 0 spiro atoms. The minimum Gasteiger partial charge on any atom is -0.430 e. The van der Waals surface area contributed by atoms with Crippen molar-refractivity contribution < 1.29 is 93.2 Å². The van der Waals surface area contributed by atoms with Crippen LogP contribution in [0.5, 0.6) is 17.2 Å². The van der Waals surface area contributed by atoms with Crippen LogP contribution in [-0.2, 0) is 0 Å². The number of hydrogen-bond acceptors (Lipinski definition) is 3. The molecule has 3 nitrogen and oxygen atoms in total. The molecule has 0 N–H and O–H groups in total. The van der Waals surface area contributed by atoms with Gasteiger partial charge in [-0.2, -0.15) is 65.9 Å². The van der Waals surface area contributed by atoms with Gasteiger partial charge in [-0.1, -0.05) is 0 Å². The van der Waals surface area contributed by atoms with Crippen molar-refractivity contribution in [2.75, 3.05) is 0 Å². The van der Waals surface area contributed by atoms with Gasteiger partial charge in [0.05, 0.1) is 0 Å². The van der Waals surface area contributed by atoms with E-state index in [-0.39, 0.29) is 0 Å². The fourth-order valence-corrected chi connectivity index (χ4v) is 1.92. The summed E-state index contributed by atoms with van der Waals surface area (Å²) in [6.07, 6.45) is -52.9. The maximum Gasteiger partial charge on any atom is 0.439 e. The molecule has 3 atom stereocenters. The fraction of sp³-hybridized carbons (Fsp3) is 0.600. The molecular formula is C15H6F18O3. The maximum absolute atomic E-state index is 13.4. The predicted octanol–water partition coefficient (Wildman–Crippen LogP) is 7.30. The summed E-state index contributed by atoms with van der Waals surface area (Å²) in [5.41, 5.74) is 0. The van der Waals surface area contributed by atoms with Gasteiger partial charge in [0.2, 0.25) is 0 Å². The van der Waals surface area contributed by atoms with E-state index >= 15 is 0 Å². The number of rotatable bonds is 9. The topological polar surface area (TPSA) is 27.7 Å². The first-order valence-corrected chi connectivity index (χ1v) is 8.18. The third-order valence-corrected chi connectivity index (χ3v) is 3.36. The van der Waals surface area contributed by atoms with Crippen LogP contribution in [0.2, 0.25) is 0 Å². The zero-order valence-electron chi connectivity index (χ0n) is 16.0. The summed E-state index contributed by atoms with van der Waals surface area (Å²) in [4.78, 5) is 0. The van der Waals surface area contributed by atoms with Crippen LogP contribution in [-0.4, -0.2) is 55.4 Å². The number of hydrogen-bond donors (Lipinski definition) is 0. The predicted molar refractivity (Wildman–Crippen MR) is 76.0 cm³/mol. The molecule has 0 heterocycles. The molecule has 3 unspecified atom stereocenters. The summed E-state index contributed by atoms with van der Waals surface area (Å²) >= 11 is 0. The molecule has 0 aliphatic heterocycles. The van der Waals surface area contributed by atoms with Gasteiger partial charge in [0.25, 0.3) is 18.5 Å². The first-order chi connectivity index (χ1) is 15.7. The molecule has 0 radical (unpaired) electrons. The molecule has 36 heavy (non-hydrogen) atoms. The van der Waals surface area contributed by atoms with E-state index in [1.54, 1.807) is 0 Å². The van der Waals surface area contributed by atoms with E-state index in [0.717, 1.165) is 0 Å². The first-order valence-electron chi connectivity index (χ1n) is 8.18. The van der Waals surface area contributed by atoms with Crippen LogP contribution >= 0.6 is 0 Å². The van der Waals surface area contributed by atoms with Crippen LogP contribution in [0.4, 0.5) is 79.0 Å². The van der Waals surface area contributed by atoms with Crippen molar-refractivity contribution in [2.24, 2.45) is 0 Å². The second kappa shape index (κ2) is 9.67. The van der Waals surface area contributed by atoms with Crippen LogP contribution < -0.4 is 14.2 Å². The summed E-state index contributed by atoms with van der Waals surface area (Å²) in [6.45, 7) is 0. The van der Waals surface area contributed by atoms with E-state index in [1.807, 2.05) is 0 Å². The lowest BCUT2D eigenvalue weighted by Gasteiger charge is -2.26. The Kier molecular flexibility index (Phi) is 8.43. The zero-order valence-corrected chi connectivity index (χ0v) is 16.0. The van der Waals surface area contributed by atoms with E-state index in [1.165, 1.54) is 0 Å². The smallest absolute Gasteiger partial charge is 0.430 e. The second-order valence-corrected chi connectivity index (χ2v) is 6.34. The molecule has 0 aliphatic carbocycles. The molecule has 1 aromatic rings. The van der Waals surface area contributed by atoms with Crippen LogP contribution in [0.25, 0.3) is 0 Å². The van der Waals surface area contributed by atoms with Gasteiger partial charge in [0.1, 0.15) is 17.2 Å². The molecule has 0 saturated heterocycles. The van der Waals surface area contributed by atoms with Gasteiger partial charge in [-0.05, 0) is 0 Å². The van der Waals surface area contributed by atoms with Crippen LogP contribution in [0, 0.1) is 0 Å². The molecule has 0 aliphatic rings. The van der Waals surface area contributed by atoms with Crippen molar-refractivity contribution in [3.8, 4) is 17.2 Å². The lowest BCUT2D eigenvalue weighted by atomic mass is 10.2. The highest BCUT2D eigenvalue weighted by atomic mass is 19.4. The largest absolute Gasteiger partial charge is 0.439 e. The third kappa shape index (κ3) is 7.93. The molecule has 0 aromatic heterocycles. The Morgan fingerprint density at radius 1 is 0.389 bits per heavy atom. The van der Waals surface area contributed by atoms with Gasteiger partial charge in [0, 0.05) is 18.2 Å². The highest BCUT2D eigenvalue weighted by Crippen LogP contribution is 2.43. The van der Waals surface area contributed by atoms with Crippen molar-refractivity contribution in [1.29, 1.82) is 0 Å². The summed E-state index contributed by atoms with van der Waals surface area (Å²) in [5, 5.41) is 0. The average Bonchev–Trinajstić information content (AvgIpc) is 2.62. The van der Waals surface area contributed by atoms with Gasteiger partial charge in [-0.15, -0.1) is 0 Å². The minimum absolute atomic E-state index is 0.560. The van der Waals surface area contributed by atoms with Crippen molar-refractivity contribution >= 4 is 0 Å². The van der Waals surface area contributed by atoms with Crippen LogP contribution in [0.3, 0.4) is 0 Å². The molecule has 1 rings (SSSR count). The van der Waals surface area contributed by atoms with Crippen molar-refractivity contribution in [2.45, 2.75) is 55.4 Å². The number of ether oxygens (including phenoxy) is 3. The van der Waals surface area contributed by atoms with Gasteiger partial charge in [-0.25, -0.2) is 13.2 Å². The van der Waals surface area contributed by atoms with Gasteiger partial charge >= 0.3 is 36.9 Å². The van der Waals surface area contributed by atoms with Gasteiger partial charge in [0.15, 0.2) is 0 Å². The summed E-state index contributed by atoms with van der Waals surface area (Å²) in [6, 6.07) is -1.68. The summed E-state index contributed by atoms with van der Waals surface area (Å²) < 4.78 is 238. The Labute approximate surface area is 185 Å². The molecular weight excluding hydrogens is 570 g/mol. The van der Waals surface area contributed by atoms with Crippen molar-refractivity contribution in [3.63, 3.8) is 0 Å². The monoisotopic (exact) mass is 576 g/mol. The van der Waals surface area contributed by atoms with E-state index < -0.39 is 90.8 Å². The van der Waals surface area contributed by atoms with E-state index in [0.29, 0.717) is 0 Å². The third-order valence-electron chi connectivity index (χ3n) is 3.36. The number of benzene rings is 1. The van der Waals surface area contributed by atoms with Crippen molar-refractivity contribution in [3.05, 3.63) is 18.2 Å². The molecule has 0 saturated carbocycles. The molecule has 21 heteroatoms. The highest BCUT2D eigenvalue weighted by molar-refractivity contribution is 5.42. The molecule has 0 bridgehead atoms. The molecule has 1 aromatic carbocycles. The highest BCUT2D eigenvalue weighted by Gasteiger charge is 2.61. The van der Waals surface area contributed by atoms with E-state index in [4.69, 9.17) is 0 Å². The Hall–Kier alpha value is -2.64. The summed E-state index contributed by atoms with van der Waals surface area (Å²) in [7, 11) is 0. The number of halogens is 18. The zero-order chi connectivity index (χ0) is 28.7. The van der Waals surface area contributed by atoms with Crippen LogP contribution in [0.1, 0.15) is 0 Å². The van der Waals surface area contributed by atoms with E-state index in [2.05, 4.69) is 14.2 Å². The fourth-order valence-electron chi connectivity index (χ4n) is 1.92. The lowest BCUT2D eigenvalue weighted by molar-refractivity contribution is -0.306. The van der Waals surface area contributed by atoms with E-state index in [9.17, 15) is 79.0 Å². The molecule has 0 fully saturated rings. The van der Waals surface area contributed by atoms with Crippen LogP contribution in [0.15, 0.2) is 18.2 Å². The Morgan fingerprint density at radius 2 is 0.556 bits per heavy atom.